The van der Waals surface area contributed by atoms with Crippen LogP contribution in [0.25, 0.3) is 6.08 Å². The van der Waals surface area contributed by atoms with Gasteiger partial charge in [0.1, 0.15) is 10.6 Å². The van der Waals surface area contributed by atoms with Gasteiger partial charge in [0, 0.05) is 16.2 Å². The quantitative estimate of drug-likeness (QED) is 0.688. The summed E-state index contributed by atoms with van der Waals surface area (Å²) in [5.41, 5.74) is 1.72. The van der Waals surface area contributed by atoms with Crippen molar-refractivity contribution in [3.05, 3.63) is 58.1 Å². The van der Waals surface area contributed by atoms with Crippen molar-refractivity contribution in [2.24, 2.45) is 0 Å². The van der Waals surface area contributed by atoms with Gasteiger partial charge in [-0.3, -0.25) is 4.72 Å². The van der Waals surface area contributed by atoms with Gasteiger partial charge in [-0.1, -0.05) is 22.0 Å². The van der Waals surface area contributed by atoms with Gasteiger partial charge in [0.05, 0.1) is 7.11 Å². The van der Waals surface area contributed by atoms with Crippen molar-refractivity contribution in [2.45, 2.75) is 11.8 Å². The normalized spacial score (nSPS) is 11.5. The number of nitrogens with one attached hydrogen (secondary N) is 1. The van der Waals surface area contributed by atoms with Crippen LogP contribution in [0, 0.1) is 6.92 Å². The molecule has 0 fully saturated rings. The average Bonchev–Trinajstić information content (AvgIpc) is 2.55. The maximum Gasteiger partial charge on any atom is 0.328 e. The van der Waals surface area contributed by atoms with Crippen LogP contribution in [0.3, 0.4) is 0 Å². The Balaban J connectivity index is 2.44. The van der Waals surface area contributed by atoms with E-state index in [0.717, 1.165) is 16.1 Å². The fourth-order valence-corrected chi connectivity index (χ4v) is 3.59. The van der Waals surface area contributed by atoms with Crippen molar-refractivity contribution in [1.82, 2.24) is 0 Å². The number of sulfonamides is 1. The van der Waals surface area contributed by atoms with Gasteiger partial charge in [-0.2, -0.15) is 0 Å². The van der Waals surface area contributed by atoms with E-state index in [0.29, 0.717) is 11.3 Å². The molecule has 0 saturated heterocycles. The fourth-order valence-electron chi connectivity index (χ4n) is 2.09. The Morgan fingerprint density at radius 2 is 1.96 bits per heavy atom. The number of benzene rings is 2. The summed E-state index contributed by atoms with van der Waals surface area (Å²) in [4.78, 5) is 10.6. The zero-order chi connectivity index (χ0) is 18.6. The Morgan fingerprint density at radius 1 is 1.24 bits per heavy atom. The van der Waals surface area contributed by atoms with Gasteiger partial charge < -0.3 is 9.84 Å². The molecule has 0 bridgehead atoms. The highest BCUT2D eigenvalue weighted by molar-refractivity contribution is 9.10. The number of anilines is 1. The van der Waals surface area contributed by atoms with Crippen LogP contribution in [0.2, 0.25) is 0 Å². The molecule has 2 rings (SSSR count). The Bertz CT molecular complexity index is 938. The van der Waals surface area contributed by atoms with Gasteiger partial charge in [0.2, 0.25) is 0 Å². The van der Waals surface area contributed by atoms with Gasteiger partial charge in [0.15, 0.2) is 0 Å². The van der Waals surface area contributed by atoms with Crippen LogP contribution in [0.15, 0.2) is 51.8 Å². The van der Waals surface area contributed by atoms with E-state index in [1.54, 1.807) is 24.3 Å². The van der Waals surface area contributed by atoms with Gasteiger partial charge >= 0.3 is 5.97 Å². The first-order valence-electron chi connectivity index (χ1n) is 7.11. The summed E-state index contributed by atoms with van der Waals surface area (Å²) < 4.78 is 33.9. The van der Waals surface area contributed by atoms with Crippen LogP contribution < -0.4 is 9.46 Å². The lowest BCUT2D eigenvalue weighted by atomic mass is 10.2. The molecule has 6 nitrogen and oxygen atoms in total. The van der Waals surface area contributed by atoms with E-state index in [-0.39, 0.29) is 10.6 Å². The highest BCUT2D eigenvalue weighted by Crippen LogP contribution is 2.28. The molecule has 25 heavy (non-hydrogen) atoms. The van der Waals surface area contributed by atoms with Crippen molar-refractivity contribution < 1.29 is 23.1 Å². The zero-order valence-electron chi connectivity index (χ0n) is 13.5. The average molecular weight is 426 g/mol. The van der Waals surface area contributed by atoms with Gasteiger partial charge in [0.25, 0.3) is 10.0 Å². The summed E-state index contributed by atoms with van der Waals surface area (Å²) in [6, 6.07) is 9.48. The fraction of sp³-hybridized carbons (Fsp3) is 0.118. The minimum absolute atomic E-state index is 0.0805. The molecular weight excluding hydrogens is 410 g/mol. The van der Waals surface area contributed by atoms with Gasteiger partial charge in [-0.15, -0.1) is 0 Å². The summed E-state index contributed by atoms with van der Waals surface area (Å²) in [5, 5.41) is 8.70. The van der Waals surface area contributed by atoms with E-state index in [2.05, 4.69) is 20.7 Å². The van der Waals surface area contributed by atoms with Crippen LogP contribution >= 0.6 is 15.9 Å². The largest absolute Gasteiger partial charge is 0.495 e. The van der Waals surface area contributed by atoms with E-state index >= 15 is 0 Å². The lowest BCUT2D eigenvalue weighted by Crippen LogP contribution is -2.14. The molecule has 0 aliphatic rings. The van der Waals surface area contributed by atoms with Crippen molar-refractivity contribution in [3.63, 3.8) is 0 Å². The second-order valence-electron chi connectivity index (χ2n) is 5.15. The lowest BCUT2D eigenvalue weighted by Gasteiger charge is -2.13. The highest BCUT2D eigenvalue weighted by atomic mass is 79.9. The number of aryl methyl sites for hydroxylation is 1. The second-order valence-corrected chi connectivity index (χ2v) is 7.66. The van der Waals surface area contributed by atoms with Crippen LogP contribution in [0.1, 0.15) is 11.1 Å². The first kappa shape index (κ1) is 19.0. The Labute approximate surface area is 154 Å². The maximum atomic E-state index is 12.7. The smallest absolute Gasteiger partial charge is 0.328 e. The predicted molar refractivity (Wildman–Crippen MR) is 99.4 cm³/mol. The minimum Gasteiger partial charge on any atom is -0.495 e. The number of carbonyl (C=O) groups is 1. The number of methoxy groups -OCH3 is 1. The summed E-state index contributed by atoms with van der Waals surface area (Å²) in [7, 11) is -2.55. The van der Waals surface area contributed by atoms with E-state index < -0.39 is 16.0 Å². The monoisotopic (exact) mass is 425 g/mol. The highest BCUT2D eigenvalue weighted by Gasteiger charge is 2.20. The zero-order valence-corrected chi connectivity index (χ0v) is 15.9. The van der Waals surface area contributed by atoms with Gasteiger partial charge in [-0.25, -0.2) is 13.2 Å². The number of carboxylic acid groups (broad SMARTS) is 1. The van der Waals surface area contributed by atoms with Crippen molar-refractivity contribution >= 4 is 43.7 Å². The van der Waals surface area contributed by atoms with E-state index in [1.165, 1.54) is 25.3 Å². The van der Waals surface area contributed by atoms with E-state index in [9.17, 15) is 13.2 Å². The number of hydrogen-bond acceptors (Lipinski definition) is 4. The molecule has 2 N–H and O–H groups in total. The first-order valence-corrected chi connectivity index (χ1v) is 9.38. The van der Waals surface area contributed by atoms with E-state index in [1.807, 2.05) is 6.92 Å². The number of carboxylic acids is 1. The third-order valence-corrected chi connectivity index (χ3v) is 5.60. The number of ether oxygens (including phenoxy) is 1. The molecule has 8 heteroatoms. The molecule has 0 aromatic heterocycles. The van der Waals surface area contributed by atoms with Crippen molar-refractivity contribution in [2.75, 3.05) is 11.8 Å². The molecule has 0 spiro atoms. The maximum absolute atomic E-state index is 12.7. The molecule has 0 aliphatic carbocycles. The molecule has 0 radical (unpaired) electrons. The molecule has 0 heterocycles. The molecule has 0 amide bonds. The number of halogens is 1. The Morgan fingerprint density at radius 3 is 2.56 bits per heavy atom. The van der Waals surface area contributed by atoms with E-state index in [4.69, 9.17) is 9.84 Å². The topological polar surface area (TPSA) is 92.7 Å². The Hall–Kier alpha value is -2.32. The van der Waals surface area contributed by atoms with Crippen molar-refractivity contribution in [3.8, 4) is 5.75 Å². The first-order chi connectivity index (χ1) is 11.7. The molecule has 2 aromatic carbocycles. The SMILES string of the molecule is COc1ccc(/C=C/C(=O)O)cc1S(=O)(=O)Nc1ccc(Br)c(C)c1. The molecule has 0 unspecified atom stereocenters. The van der Waals surface area contributed by atoms with Crippen LogP contribution in [0.5, 0.6) is 5.75 Å². The molecule has 132 valence electrons. The third kappa shape index (κ3) is 4.83. The summed E-state index contributed by atoms with van der Waals surface area (Å²) in [6.45, 7) is 1.85. The number of hydrogen-bond donors (Lipinski definition) is 2. The second kappa shape index (κ2) is 7.71. The standard InChI is InChI=1S/C17H16BrNO5S/c1-11-9-13(5-6-14(11)18)19-25(22,23)16-10-12(4-8-17(20)21)3-7-15(16)24-2/h3-10,19H,1-2H3,(H,20,21)/b8-4+. The Kier molecular flexibility index (Phi) is 5.86. The lowest BCUT2D eigenvalue weighted by molar-refractivity contribution is -0.131. The molecule has 0 atom stereocenters. The summed E-state index contributed by atoms with van der Waals surface area (Å²) in [6.07, 6.45) is 2.24. The summed E-state index contributed by atoms with van der Waals surface area (Å²) in [5.74, 6) is -0.961. The van der Waals surface area contributed by atoms with Crippen LogP contribution in [-0.2, 0) is 14.8 Å². The predicted octanol–water partition coefficient (Wildman–Crippen LogP) is 3.66. The van der Waals surface area contributed by atoms with Crippen LogP contribution in [0.4, 0.5) is 5.69 Å². The summed E-state index contributed by atoms with van der Waals surface area (Å²) >= 11 is 3.36. The minimum atomic E-state index is -3.92. The molecule has 0 saturated carbocycles. The van der Waals surface area contributed by atoms with Gasteiger partial charge in [-0.05, 0) is 54.5 Å². The van der Waals surface area contributed by atoms with Crippen molar-refractivity contribution in [1.29, 1.82) is 0 Å². The molecule has 2 aromatic rings. The van der Waals surface area contributed by atoms with Crippen LogP contribution in [-0.4, -0.2) is 26.6 Å². The molecular formula is C17H16BrNO5S. The number of rotatable bonds is 6. The molecule has 0 aliphatic heterocycles. The number of aliphatic carboxylic acids is 1. The third-order valence-electron chi connectivity index (χ3n) is 3.31.